The summed E-state index contributed by atoms with van der Waals surface area (Å²) in [5, 5.41) is 10.5. The van der Waals surface area contributed by atoms with Crippen LogP contribution in [0.2, 0.25) is 0 Å². The number of hydrogen-bond acceptors (Lipinski definition) is 5. The third kappa shape index (κ3) is 5.17. The van der Waals surface area contributed by atoms with Gasteiger partial charge in [0.2, 0.25) is 11.8 Å². The van der Waals surface area contributed by atoms with Crippen LogP contribution in [0.5, 0.6) is 0 Å². The Balaban J connectivity index is 1.95. The predicted octanol–water partition coefficient (Wildman–Crippen LogP) is 3.11. The molecule has 0 fully saturated rings. The average molecular weight is 316 g/mol. The molecule has 0 aliphatic rings. The Morgan fingerprint density at radius 3 is 2.39 bits per heavy atom. The summed E-state index contributed by atoms with van der Waals surface area (Å²) < 4.78 is 5.51. The van der Waals surface area contributed by atoms with Gasteiger partial charge in [-0.25, -0.2) is 0 Å². The summed E-state index contributed by atoms with van der Waals surface area (Å²) in [6.07, 6.45) is 2.04. The van der Waals surface area contributed by atoms with Crippen LogP contribution in [-0.2, 0) is 4.79 Å². The van der Waals surface area contributed by atoms with E-state index >= 15 is 0 Å². The summed E-state index contributed by atoms with van der Waals surface area (Å²) in [6.45, 7) is 8.36. The molecule has 0 saturated carbocycles. The molecule has 0 spiro atoms. The van der Waals surface area contributed by atoms with E-state index in [1.807, 2.05) is 31.2 Å². The molecule has 1 aromatic heterocycles. The molecular weight excluding hydrogens is 292 g/mol. The minimum atomic E-state index is -0.133. The lowest BCUT2D eigenvalue weighted by Gasteiger charge is -2.19. The Morgan fingerprint density at radius 1 is 1.13 bits per heavy atom. The number of amides is 1. The smallest absolute Gasteiger partial charge is 0.322 e. The zero-order valence-electron chi connectivity index (χ0n) is 14.0. The van der Waals surface area contributed by atoms with Crippen LogP contribution >= 0.6 is 0 Å². The third-order valence-corrected chi connectivity index (χ3v) is 3.42. The van der Waals surface area contributed by atoms with E-state index in [9.17, 15) is 4.79 Å². The van der Waals surface area contributed by atoms with Gasteiger partial charge in [0.25, 0.3) is 0 Å². The summed E-state index contributed by atoms with van der Waals surface area (Å²) in [4.78, 5) is 14.2. The number of benzene rings is 1. The van der Waals surface area contributed by atoms with Crippen molar-refractivity contribution in [2.24, 2.45) is 0 Å². The quantitative estimate of drug-likeness (QED) is 0.810. The van der Waals surface area contributed by atoms with Gasteiger partial charge in [-0.15, -0.1) is 5.10 Å². The predicted molar refractivity (Wildman–Crippen MR) is 90.1 cm³/mol. The second-order valence-corrected chi connectivity index (χ2v) is 5.60. The normalized spacial score (nSPS) is 11.0. The van der Waals surface area contributed by atoms with Gasteiger partial charge in [-0.05, 0) is 45.0 Å². The number of carbonyl (C=O) groups excluding carboxylic acids is 1. The fourth-order valence-electron chi connectivity index (χ4n) is 2.35. The van der Waals surface area contributed by atoms with Crippen molar-refractivity contribution in [3.8, 4) is 11.5 Å². The fourth-order valence-corrected chi connectivity index (χ4v) is 2.35. The Kier molecular flexibility index (Phi) is 6.29. The minimum Gasteiger partial charge on any atom is -0.403 e. The standard InChI is InChI=1S/C17H24N4O2/c1-4-10-21(11-5-2)12-15(22)18-17-20-19-16(23-17)14-8-6-13(3)7-9-14/h6-9H,4-5,10-12H2,1-3H3,(H,18,20,22). The molecule has 124 valence electrons. The summed E-state index contributed by atoms with van der Waals surface area (Å²) in [7, 11) is 0. The van der Waals surface area contributed by atoms with Crippen molar-refractivity contribution >= 4 is 11.9 Å². The molecule has 1 heterocycles. The lowest BCUT2D eigenvalue weighted by atomic mass is 10.1. The van der Waals surface area contributed by atoms with Crippen molar-refractivity contribution in [1.82, 2.24) is 15.1 Å². The molecule has 0 unspecified atom stereocenters. The van der Waals surface area contributed by atoms with E-state index in [0.717, 1.165) is 37.1 Å². The first kappa shape index (κ1) is 17.1. The molecule has 6 heteroatoms. The molecule has 0 atom stereocenters. The highest BCUT2D eigenvalue weighted by Gasteiger charge is 2.14. The molecular formula is C17H24N4O2. The number of nitrogens with one attached hydrogen (secondary N) is 1. The lowest BCUT2D eigenvalue weighted by Crippen LogP contribution is -2.34. The summed E-state index contributed by atoms with van der Waals surface area (Å²) in [6, 6.07) is 7.92. The van der Waals surface area contributed by atoms with E-state index in [0.29, 0.717) is 12.4 Å². The van der Waals surface area contributed by atoms with Gasteiger partial charge in [0.15, 0.2) is 0 Å². The first-order valence-electron chi connectivity index (χ1n) is 8.05. The van der Waals surface area contributed by atoms with Crippen LogP contribution in [0.1, 0.15) is 32.3 Å². The van der Waals surface area contributed by atoms with Crippen LogP contribution in [0.25, 0.3) is 11.5 Å². The van der Waals surface area contributed by atoms with Gasteiger partial charge in [-0.1, -0.05) is 36.6 Å². The highest BCUT2D eigenvalue weighted by Crippen LogP contribution is 2.20. The van der Waals surface area contributed by atoms with Gasteiger partial charge in [-0.2, -0.15) is 0 Å². The first-order valence-corrected chi connectivity index (χ1v) is 8.05. The van der Waals surface area contributed by atoms with Crippen molar-refractivity contribution in [2.75, 3.05) is 25.0 Å². The Hall–Kier alpha value is -2.21. The zero-order chi connectivity index (χ0) is 16.7. The van der Waals surface area contributed by atoms with Gasteiger partial charge in [0.1, 0.15) is 0 Å². The Bertz CT molecular complexity index is 616. The molecule has 2 rings (SSSR count). The van der Waals surface area contributed by atoms with E-state index < -0.39 is 0 Å². The van der Waals surface area contributed by atoms with Crippen LogP contribution in [0.4, 0.5) is 6.01 Å². The van der Waals surface area contributed by atoms with Gasteiger partial charge in [0, 0.05) is 5.56 Å². The van der Waals surface area contributed by atoms with E-state index in [2.05, 4.69) is 34.3 Å². The summed E-state index contributed by atoms with van der Waals surface area (Å²) in [5.74, 6) is 0.269. The minimum absolute atomic E-state index is 0.133. The second-order valence-electron chi connectivity index (χ2n) is 5.60. The third-order valence-electron chi connectivity index (χ3n) is 3.42. The van der Waals surface area contributed by atoms with E-state index in [4.69, 9.17) is 4.42 Å². The van der Waals surface area contributed by atoms with Crippen LogP contribution in [0, 0.1) is 6.92 Å². The number of aryl methyl sites for hydroxylation is 1. The Labute approximate surface area is 136 Å². The largest absolute Gasteiger partial charge is 0.403 e. The molecule has 1 N–H and O–H groups in total. The number of nitrogens with zero attached hydrogens (tertiary/aromatic N) is 3. The van der Waals surface area contributed by atoms with Gasteiger partial charge >= 0.3 is 6.01 Å². The van der Waals surface area contributed by atoms with Crippen molar-refractivity contribution in [3.63, 3.8) is 0 Å². The van der Waals surface area contributed by atoms with Crippen molar-refractivity contribution in [3.05, 3.63) is 29.8 Å². The molecule has 0 aliphatic carbocycles. The lowest BCUT2D eigenvalue weighted by molar-refractivity contribution is -0.117. The molecule has 1 aromatic carbocycles. The molecule has 0 bridgehead atoms. The first-order chi connectivity index (χ1) is 11.1. The van der Waals surface area contributed by atoms with Crippen molar-refractivity contribution < 1.29 is 9.21 Å². The van der Waals surface area contributed by atoms with E-state index in [1.54, 1.807) is 0 Å². The number of carbonyl (C=O) groups is 1. The molecule has 6 nitrogen and oxygen atoms in total. The molecule has 23 heavy (non-hydrogen) atoms. The topological polar surface area (TPSA) is 71.3 Å². The van der Waals surface area contributed by atoms with E-state index in [-0.39, 0.29) is 11.9 Å². The summed E-state index contributed by atoms with van der Waals surface area (Å²) in [5.41, 5.74) is 2.00. The summed E-state index contributed by atoms with van der Waals surface area (Å²) >= 11 is 0. The van der Waals surface area contributed by atoms with Crippen molar-refractivity contribution in [1.29, 1.82) is 0 Å². The van der Waals surface area contributed by atoms with Crippen molar-refractivity contribution in [2.45, 2.75) is 33.6 Å². The highest BCUT2D eigenvalue weighted by atomic mass is 16.4. The molecule has 1 amide bonds. The van der Waals surface area contributed by atoms with Gasteiger partial charge < -0.3 is 4.42 Å². The zero-order valence-corrected chi connectivity index (χ0v) is 14.0. The number of rotatable bonds is 8. The Morgan fingerprint density at radius 2 is 1.78 bits per heavy atom. The molecule has 0 aliphatic heterocycles. The SMILES string of the molecule is CCCN(CCC)CC(=O)Nc1nnc(-c2ccc(C)cc2)o1. The van der Waals surface area contributed by atoms with Gasteiger partial charge in [-0.3, -0.25) is 15.0 Å². The van der Waals surface area contributed by atoms with Crippen LogP contribution in [0.3, 0.4) is 0 Å². The maximum absolute atomic E-state index is 12.1. The van der Waals surface area contributed by atoms with Crippen LogP contribution in [-0.4, -0.2) is 40.6 Å². The molecule has 0 saturated heterocycles. The number of anilines is 1. The molecule has 2 aromatic rings. The monoisotopic (exact) mass is 316 g/mol. The molecule has 0 radical (unpaired) electrons. The van der Waals surface area contributed by atoms with Gasteiger partial charge in [0.05, 0.1) is 6.54 Å². The number of hydrogen-bond donors (Lipinski definition) is 1. The highest BCUT2D eigenvalue weighted by molar-refractivity contribution is 5.90. The average Bonchev–Trinajstić information content (AvgIpc) is 2.96. The number of aromatic nitrogens is 2. The fraction of sp³-hybridized carbons (Fsp3) is 0.471. The van der Waals surface area contributed by atoms with Crippen LogP contribution in [0.15, 0.2) is 28.7 Å². The second kappa shape index (κ2) is 8.43. The maximum atomic E-state index is 12.1. The van der Waals surface area contributed by atoms with Crippen LogP contribution < -0.4 is 5.32 Å². The van der Waals surface area contributed by atoms with E-state index in [1.165, 1.54) is 0 Å². The maximum Gasteiger partial charge on any atom is 0.322 e.